The van der Waals surface area contributed by atoms with Crippen LogP contribution in [0, 0.1) is 6.92 Å². The molecule has 7 heteroatoms. The van der Waals surface area contributed by atoms with E-state index in [9.17, 15) is 14.7 Å². The summed E-state index contributed by atoms with van der Waals surface area (Å²) in [6.45, 7) is -1.95. The van der Waals surface area contributed by atoms with Crippen LogP contribution in [-0.4, -0.2) is 38.2 Å². The van der Waals surface area contributed by atoms with Crippen molar-refractivity contribution in [3.8, 4) is 0 Å². The van der Waals surface area contributed by atoms with Gasteiger partial charge < -0.3 is 14.9 Å². The number of aliphatic hydroxyl groups excluding tert-OH is 2. The maximum atomic E-state index is 12.2. The zero-order chi connectivity index (χ0) is 15.9. The molecule has 0 saturated carbocycles. The van der Waals surface area contributed by atoms with Crippen LogP contribution >= 0.6 is 0 Å². The molecule has 0 spiro atoms. The number of ether oxygens (including phenoxy) is 1. The second-order valence-electron chi connectivity index (χ2n) is 4.26. The first-order valence-electron chi connectivity index (χ1n) is 6.96. The second-order valence-corrected chi connectivity index (χ2v) is 4.26. The highest BCUT2D eigenvalue weighted by atomic mass is 16.5. The average molecular weight is 262 g/mol. The molecule has 0 unspecified atom stereocenters. The fraction of sp³-hybridized carbons (Fsp3) is 0.636. The van der Waals surface area contributed by atoms with Crippen LogP contribution in [0.2, 0.25) is 0 Å². The van der Waals surface area contributed by atoms with Gasteiger partial charge in [-0.3, -0.25) is 13.9 Å². The molecule has 2 N–H and O–H groups in total. The summed E-state index contributed by atoms with van der Waals surface area (Å²) in [7, 11) is 0. The molecule has 1 fully saturated rings. The molecular weight excluding hydrogens is 240 g/mol. The summed E-state index contributed by atoms with van der Waals surface area (Å²) in [6, 6.07) is 0. The molecule has 0 aliphatic carbocycles. The Morgan fingerprint density at radius 3 is 2.89 bits per heavy atom. The third-order valence-corrected chi connectivity index (χ3v) is 2.98. The molecule has 2 rings (SSSR count). The highest BCUT2D eigenvalue weighted by Gasteiger charge is 2.35. The first-order valence-corrected chi connectivity index (χ1v) is 5.46. The van der Waals surface area contributed by atoms with Gasteiger partial charge in [0.2, 0.25) is 0 Å². The van der Waals surface area contributed by atoms with Gasteiger partial charge in [-0.2, -0.15) is 0 Å². The number of nitrogens with zero attached hydrogens (tertiary/aromatic N) is 2. The Labute approximate surface area is 107 Å². The van der Waals surface area contributed by atoms with Crippen LogP contribution < -0.4 is 11.2 Å². The van der Waals surface area contributed by atoms with E-state index in [-0.39, 0.29) is 16.6 Å². The van der Waals surface area contributed by atoms with Crippen molar-refractivity contribution in [2.24, 2.45) is 6.98 Å². The molecule has 1 aliphatic heterocycles. The number of aliphatic hydroxyl groups is 2. The normalized spacial score (nSPS) is 30.8. The van der Waals surface area contributed by atoms with Gasteiger partial charge in [-0.1, -0.05) is 0 Å². The maximum Gasteiger partial charge on any atom is 0.332 e. The number of aryl methyl sites for hydroxylation is 1. The molecule has 1 aliphatic rings. The van der Waals surface area contributed by atoms with Crippen molar-refractivity contribution in [2.45, 2.75) is 31.8 Å². The first-order chi connectivity index (χ1) is 9.66. The van der Waals surface area contributed by atoms with Crippen LogP contribution in [0.5, 0.6) is 0 Å². The van der Waals surface area contributed by atoms with Crippen molar-refractivity contribution >= 4 is 0 Å². The molecule has 0 bridgehead atoms. The smallest absolute Gasteiger partial charge is 0.332 e. The van der Waals surface area contributed by atoms with Crippen molar-refractivity contribution < 1.29 is 19.1 Å². The fourth-order valence-electron chi connectivity index (χ4n) is 1.95. The van der Waals surface area contributed by atoms with E-state index in [4.69, 9.17) is 14.0 Å². The Morgan fingerprint density at radius 1 is 1.61 bits per heavy atom. The number of hydrogen-bond donors (Lipinski definition) is 2. The largest absolute Gasteiger partial charge is 0.394 e. The molecule has 2 heterocycles. The molecule has 100 valence electrons. The summed E-state index contributed by atoms with van der Waals surface area (Å²) in [4.78, 5) is 24.1. The Morgan fingerprint density at radius 2 is 2.33 bits per heavy atom. The van der Waals surface area contributed by atoms with Gasteiger partial charge in [0, 0.05) is 29.3 Å². The lowest BCUT2D eigenvalue weighted by Crippen LogP contribution is -2.40. The molecule has 0 aromatic carbocycles. The summed E-state index contributed by atoms with van der Waals surface area (Å²) < 4.78 is 28.3. The van der Waals surface area contributed by atoms with E-state index < -0.39 is 43.3 Å². The molecule has 3 atom stereocenters. The standard InChI is InChI=1S/C11H16N2O5/c1-6-4-13(11(17)12(2)10(6)16)9-3-7(15)8(5-14)18-9/h4,7-9,14-15H,3,5H2,1-2H3/t7-,8+,9+/m0/s1/i2T3. The lowest BCUT2D eigenvalue weighted by molar-refractivity contribution is -0.0463. The third kappa shape index (κ3) is 2.00. The molecule has 1 saturated heterocycles. The predicted octanol–water partition coefficient (Wildman–Crippen LogP) is -1.50. The second kappa shape index (κ2) is 4.68. The Balaban J connectivity index is 2.55. The Hall–Kier alpha value is -1.44. The van der Waals surface area contributed by atoms with Gasteiger partial charge in [0.25, 0.3) is 5.56 Å². The Bertz CT molecular complexity index is 651. The lowest BCUT2D eigenvalue weighted by atomic mass is 10.2. The highest BCUT2D eigenvalue weighted by Crippen LogP contribution is 2.27. The van der Waals surface area contributed by atoms with Gasteiger partial charge in [-0.25, -0.2) is 4.79 Å². The van der Waals surface area contributed by atoms with Crippen molar-refractivity contribution in [1.29, 1.82) is 0 Å². The van der Waals surface area contributed by atoms with Crippen molar-refractivity contribution in [2.75, 3.05) is 6.61 Å². The third-order valence-electron chi connectivity index (χ3n) is 2.98. The fourth-order valence-corrected chi connectivity index (χ4v) is 1.95. The van der Waals surface area contributed by atoms with E-state index >= 15 is 0 Å². The van der Waals surface area contributed by atoms with Crippen molar-refractivity contribution in [3.05, 3.63) is 32.6 Å². The predicted molar refractivity (Wildman–Crippen MR) is 62.3 cm³/mol. The van der Waals surface area contributed by atoms with Crippen LogP contribution in [0.3, 0.4) is 0 Å². The average Bonchev–Trinajstić information content (AvgIpc) is 2.73. The number of aromatic nitrogens is 2. The first kappa shape index (κ1) is 9.48. The summed E-state index contributed by atoms with van der Waals surface area (Å²) >= 11 is 0. The topological polar surface area (TPSA) is 93.7 Å². The van der Waals surface area contributed by atoms with Gasteiger partial charge in [-0.05, 0) is 6.92 Å². The maximum absolute atomic E-state index is 12.2. The number of rotatable bonds is 2. The quantitative estimate of drug-likeness (QED) is 0.676. The van der Waals surface area contributed by atoms with Crippen LogP contribution in [0.4, 0.5) is 0 Å². The molecular formula is C11H16N2O5. The molecule has 18 heavy (non-hydrogen) atoms. The lowest BCUT2D eigenvalue weighted by Gasteiger charge is -2.16. The van der Waals surface area contributed by atoms with Gasteiger partial charge in [-0.15, -0.1) is 0 Å². The van der Waals surface area contributed by atoms with Crippen LogP contribution in [0.15, 0.2) is 15.8 Å². The van der Waals surface area contributed by atoms with Crippen LogP contribution in [-0.2, 0) is 11.7 Å². The van der Waals surface area contributed by atoms with Gasteiger partial charge in [0.15, 0.2) is 0 Å². The highest BCUT2D eigenvalue weighted by molar-refractivity contribution is 5.03. The molecule has 7 nitrogen and oxygen atoms in total. The van der Waals surface area contributed by atoms with E-state index in [1.807, 2.05) is 0 Å². The minimum absolute atomic E-state index is 0.0176. The summed E-state index contributed by atoms with van der Waals surface area (Å²) in [6.07, 6.45) is -1.54. The summed E-state index contributed by atoms with van der Waals surface area (Å²) in [5.41, 5.74) is -1.87. The van der Waals surface area contributed by atoms with Gasteiger partial charge >= 0.3 is 5.69 Å². The van der Waals surface area contributed by atoms with E-state index in [2.05, 4.69) is 0 Å². The number of hydrogen-bond acceptors (Lipinski definition) is 5. The van der Waals surface area contributed by atoms with Crippen LogP contribution in [0.25, 0.3) is 0 Å². The van der Waals surface area contributed by atoms with E-state index in [0.29, 0.717) is 0 Å². The summed E-state index contributed by atoms with van der Waals surface area (Å²) in [5, 5.41) is 18.7. The Kier molecular flexibility index (Phi) is 2.46. The van der Waals surface area contributed by atoms with Crippen molar-refractivity contribution in [1.82, 2.24) is 9.13 Å². The van der Waals surface area contributed by atoms with Gasteiger partial charge in [0.05, 0.1) is 12.7 Å². The molecule has 1 aromatic rings. The zero-order valence-electron chi connectivity index (χ0n) is 12.7. The zero-order valence-corrected chi connectivity index (χ0v) is 9.74. The summed E-state index contributed by atoms with van der Waals surface area (Å²) in [5.74, 6) is 0. The SMILES string of the molecule is [3H]C([3H])([3H])n1c(=O)c(C)cn([C@H]2C[C@H](O)[C@@H](CO)O2)c1=O. The van der Waals surface area contributed by atoms with Crippen LogP contribution in [0.1, 0.15) is 22.3 Å². The monoisotopic (exact) mass is 262 g/mol. The minimum atomic E-state index is -2.91. The van der Waals surface area contributed by atoms with Crippen molar-refractivity contribution in [3.63, 3.8) is 0 Å². The van der Waals surface area contributed by atoms with Gasteiger partial charge in [0.1, 0.15) is 12.3 Å². The minimum Gasteiger partial charge on any atom is -0.394 e. The van der Waals surface area contributed by atoms with E-state index in [1.54, 1.807) is 0 Å². The van der Waals surface area contributed by atoms with E-state index in [1.165, 1.54) is 13.1 Å². The molecule has 0 radical (unpaired) electrons. The molecule has 0 amide bonds. The molecule has 1 aromatic heterocycles. The van der Waals surface area contributed by atoms with E-state index in [0.717, 1.165) is 4.57 Å².